The van der Waals surface area contributed by atoms with Crippen molar-refractivity contribution in [3.05, 3.63) is 58.7 Å². The Bertz CT molecular complexity index is 747. The van der Waals surface area contributed by atoms with Gasteiger partial charge in [-0.2, -0.15) is 0 Å². The lowest BCUT2D eigenvalue weighted by atomic mass is 9.85. The second-order valence-electron chi connectivity index (χ2n) is 6.90. The Kier molecular flexibility index (Phi) is 6.86. The van der Waals surface area contributed by atoms with Gasteiger partial charge < -0.3 is 19.9 Å². The van der Waals surface area contributed by atoms with E-state index in [4.69, 9.17) is 19.9 Å². The number of carbonyl (C=O) groups is 1. The molecule has 0 bridgehead atoms. The number of esters is 1. The minimum Gasteiger partial charge on any atom is -0.496 e. The summed E-state index contributed by atoms with van der Waals surface area (Å²) < 4.78 is 16.9. The van der Waals surface area contributed by atoms with Crippen LogP contribution in [0.5, 0.6) is 11.5 Å². The largest absolute Gasteiger partial charge is 0.496 e. The van der Waals surface area contributed by atoms with Crippen LogP contribution in [0.4, 0.5) is 0 Å². The van der Waals surface area contributed by atoms with Gasteiger partial charge in [0, 0.05) is 11.1 Å². The van der Waals surface area contributed by atoms with E-state index in [9.17, 15) is 4.79 Å². The summed E-state index contributed by atoms with van der Waals surface area (Å²) in [5.41, 5.74) is 9.72. The standard InChI is InChI=1S/C22H29NO4/c1-13-7-9-17(19(11-13)25-5)21(16(4)27-22(24)15(3)23)18-10-8-14(2)12-20(18)26-6/h7-12,15-16,21H,23H2,1-6H3/t15-,16-/m0/s1. The zero-order valence-corrected chi connectivity index (χ0v) is 16.9. The van der Waals surface area contributed by atoms with Crippen LogP contribution >= 0.6 is 0 Å². The molecule has 0 spiro atoms. The Labute approximate surface area is 161 Å². The third-order valence-corrected chi connectivity index (χ3v) is 4.59. The van der Waals surface area contributed by atoms with Gasteiger partial charge in [-0.3, -0.25) is 4.79 Å². The number of rotatable bonds is 7. The average Bonchev–Trinajstić information content (AvgIpc) is 2.63. The van der Waals surface area contributed by atoms with Gasteiger partial charge >= 0.3 is 5.97 Å². The lowest BCUT2D eigenvalue weighted by molar-refractivity contribution is -0.150. The SMILES string of the molecule is COc1cc(C)ccc1C(c1ccc(C)cc1OC)[C@H](C)OC(=O)[C@H](C)N. The Morgan fingerprint density at radius 1 is 0.889 bits per heavy atom. The maximum atomic E-state index is 12.1. The van der Waals surface area contributed by atoms with Gasteiger partial charge in [-0.05, 0) is 51.0 Å². The first kappa shape index (κ1) is 20.8. The molecule has 27 heavy (non-hydrogen) atoms. The molecule has 0 fully saturated rings. The number of methoxy groups -OCH3 is 2. The van der Waals surface area contributed by atoms with Gasteiger partial charge in [-0.1, -0.05) is 24.3 Å². The van der Waals surface area contributed by atoms with Gasteiger partial charge in [0.1, 0.15) is 23.6 Å². The van der Waals surface area contributed by atoms with Gasteiger partial charge in [0.15, 0.2) is 0 Å². The normalized spacial score (nSPS) is 13.2. The molecule has 2 rings (SSSR count). The van der Waals surface area contributed by atoms with Crippen molar-refractivity contribution in [3.63, 3.8) is 0 Å². The molecular weight excluding hydrogens is 342 g/mol. The maximum absolute atomic E-state index is 12.1. The van der Waals surface area contributed by atoms with Crippen molar-refractivity contribution in [2.45, 2.75) is 45.8 Å². The summed E-state index contributed by atoms with van der Waals surface area (Å²) in [6.45, 7) is 7.49. The minimum absolute atomic E-state index is 0.265. The quantitative estimate of drug-likeness (QED) is 0.751. The zero-order chi connectivity index (χ0) is 20.1. The van der Waals surface area contributed by atoms with E-state index in [0.717, 1.165) is 33.8 Å². The summed E-state index contributed by atoms with van der Waals surface area (Å²) in [4.78, 5) is 12.1. The highest BCUT2D eigenvalue weighted by atomic mass is 16.5. The Balaban J connectivity index is 2.61. The van der Waals surface area contributed by atoms with E-state index in [1.165, 1.54) is 0 Å². The number of hydrogen-bond acceptors (Lipinski definition) is 5. The molecule has 0 radical (unpaired) electrons. The van der Waals surface area contributed by atoms with Crippen molar-refractivity contribution in [3.8, 4) is 11.5 Å². The molecular formula is C22H29NO4. The Morgan fingerprint density at radius 3 is 1.70 bits per heavy atom. The number of benzene rings is 2. The maximum Gasteiger partial charge on any atom is 0.322 e. The second-order valence-corrected chi connectivity index (χ2v) is 6.90. The number of carbonyl (C=O) groups excluding carboxylic acids is 1. The van der Waals surface area contributed by atoms with Crippen LogP contribution in [-0.2, 0) is 9.53 Å². The summed E-state index contributed by atoms with van der Waals surface area (Å²) in [6, 6.07) is 11.3. The summed E-state index contributed by atoms with van der Waals surface area (Å²) in [6.07, 6.45) is -0.461. The Hall–Kier alpha value is -2.53. The second kappa shape index (κ2) is 8.91. The van der Waals surface area contributed by atoms with E-state index >= 15 is 0 Å². The van der Waals surface area contributed by atoms with Crippen LogP contribution in [0.25, 0.3) is 0 Å². The molecule has 0 aliphatic heterocycles. The van der Waals surface area contributed by atoms with Crippen molar-refractivity contribution >= 4 is 5.97 Å². The molecule has 0 heterocycles. The van der Waals surface area contributed by atoms with Gasteiger partial charge in [-0.25, -0.2) is 0 Å². The van der Waals surface area contributed by atoms with Crippen LogP contribution in [-0.4, -0.2) is 32.3 Å². The molecule has 0 saturated carbocycles. The van der Waals surface area contributed by atoms with Crippen molar-refractivity contribution in [2.75, 3.05) is 14.2 Å². The third kappa shape index (κ3) is 4.80. The molecule has 5 heteroatoms. The van der Waals surface area contributed by atoms with Crippen LogP contribution in [0.3, 0.4) is 0 Å². The number of nitrogens with two attached hydrogens (primary N) is 1. The molecule has 0 aliphatic carbocycles. The van der Waals surface area contributed by atoms with Crippen LogP contribution in [0, 0.1) is 13.8 Å². The first-order valence-corrected chi connectivity index (χ1v) is 9.03. The predicted octanol–water partition coefficient (Wildman–Crippen LogP) is 3.73. The molecule has 2 aromatic carbocycles. The highest BCUT2D eigenvalue weighted by Gasteiger charge is 2.30. The molecule has 146 valence electrons. The fraction of sp³-hybridized carbons (Fsp3) is 0.409. The van der Waals surface area contributed by atoms with Crippen molar-refractivity contribution in [1.29, 1.82) is 0 Å². The highest BCUT2D eigenvalue weighted by molar-refractivity contribution is 5.75. The topological polar surface area (TPSA) is 70.8 Å². The third-order valence-electron chi connectivity index (χ3n) is 4.59. The molecule has 0 aliphatic rings. The summed E-state index contributed by atoms with van der Waals surface area (Å²) in [7, 11) is 3.28. The van der Waals surface area contributed by atoms with E-state index in [1.54, 1.807) is 21.1 Å². The first-order chi connectivity index (χ1) is 12.8. The Morgan fingerprint density at radius 2 is 1.33 bits per heavy atom. The van der Waals surface area contributed by atoms with Gasteiger partial charge in [-0.15, -0.1) is 0 Å². The predicted molar refractivity (Wildman–Crippen MR) is 107 cm³/mol. The molecule has 0 aromatic heterocycles. The highest BCUT2D eigenvalue weighted by Crippen LogP contribution is 2.40. The van der Waals surface area contributed by atoms with Crippen LogP contribution in [0.1, 0.15) is 42.0 Å². The summed E-state index contributed by atoms with van der Waals surface area (Å²) in [5.74, 6) is 0.779. The molecule has 2 atom stereocenters. The van der Waals surface area contributed by atoms with E-state index in [1.807, 2.05) is 57.2 Å². The van der Waals surface area contributed by atoms with E-state index in [2.05, 4.69) is 0 Å². The summed E-state index contributed by atoms with van der Waals surface area (Å²) in [5, 5.41) is 0. The molecule has 0 saturated heterocycles. The number of ether oxygens (including phenoxy) is 3. The number of aryl methyl sites for hydroxylation is 2. The van der Waals surface area contributed by atoms with E-state index in [0.29, 0.717) is 0 Å². The van der Waals surface area contributed by atoms with Crippen LogP contribution < -0.4 is 15.2 Å². The fourth-order valence-corrected chi connectivity index (χ4v) is 3.18. The van der Waals surface area contributed by atoms with Crippen LogP contribution in [0.2, 0.25) is 0 Å². The van der Waals surface area contributed by atoms with Gasteiger partial charge in [0.25, 0.3) is 0 Å². The fourth-order valence-electron chi connectivity index (χ4n) is 3.18. The molecule has 2 aromatic rings. The molecule has 0 unspecified atom stereocenters. The monoisotopic (exact) mass is 371 g/mol. The van der Waals surface area contributed by atoms with E-state index < -0.39 is 18.1 Å². The van der Waals surface area contributed by atoms with Crippen molar-refractivity contribution < 1.29 is 19.0 Å². The van der Waals surface area contributed by atoms with Crippen LogP contribution in [0.15, 0.2) is 36.4 Å². The lowest BCUT2D eigenvalue weighted by Gasteiger charge is -2.28. The molecule has 2 N–H and O–H groups in total. The number of hydrogen-bond donors (Lipinski definition) is 1. The lowest BCUT2D eigenvalue weighted by Crippen LogP contribution is -2.34. The summed E-state index contributed by atoms with van der Waals surface area (Å²) >= 11 is 0. The average molecular weight is 371 g/mol. The van der Waals surface area contributed by atoms with Gasteiger partial charge in [0.05, 0.1) is 20.1 Å². The first-order valence-electron chi connectivity index (χ1n) is 9.03. The van der Waals surface area contributed by atoms with Gasteiger partial charge in [0.2, 0.25) is 0 Å². The van der Waals surface area contributed by atoms with E-state index in [-0.39, 0.29) is 5.92 Å². The van der Waals surface area contributed by atoms with Crippen molar-refractivity contribution in [1.82, 2.24) is 0 Å². The van der Waals surface area contributed by atoms with Crippen molar-refractivity contribution in [2.24, 2.45) is 5.73 Å². The molecule has 0 amide bonds. The minimum atomic E-state index is -0.687. The smallest absolute Gasteiger partial charge is 0.322 e. The molecule has 5 nitrogen and oxygen atoms in total. The zero-order valence-electron chi connectivity index (χ0n) is 16.9.